The van der Waals surface area contributed by atoms with Crippen molar-refractivity contribution in [2.24, 2.45) is 17.4 Å². The minimum absolute atomic E-state index is 0.0993. The van der Waals surface area contributed by atoms with E-state index in [-0.39, 0.29) is 18.2 Å². The molecule has 2 atom stereocenters. The number of nitrogens with two attached hydrogens (primary N) is 2. The Labute approximate surface area is 240 Å². The Morgan fingerprint density at radius 3 is 2.12 bits per heavy atom. The van der Waals surface area contributed by atoms with Gasteiger partial charge < -0.3 is 32.5 Å². The molecule has 9 nitrogen and oxygen atoms in total. The van der Waals surface area contributed by atoms with E-state index in [1.807, 2.05) is 24.3 Å². The van der Waals surface area contributed by atoms with Crippen LogP contribution in [-0.4, -0.2) is 61.2 Å². The van der Waals surface area contributed by atoms with Gasteiger partial charge in [0.15, 0.2) is 0 Å². The van der Waals surface area contributed by atoms with Crippen molar-refractivity contribution in [3.05, 3.63) is 35.4 Å². The van der Waals surface area contributed by atoms with Crippen LogP contribution in [0.5, 0.6) is 0 Å². The Kier molecular flexibility index (Phi) is 17.2. The summed E-state index contributed by atoms with van der Waals surface area (Å²) in [6.45, 7) is 1.27. The van der Waals surface area contributed by atoms with Crippen LogP contribution in [0.1, 0.15) is 94.6 Å². The van der Waals surface area contributed by atoms with Crippen LogP contribution in [0.3, 0.4) is 0 Å². The lowest BCUT2D eigenvalue weighted by Crippen LogP contribution is -2.55. The molecular weight excluding hydrogens is 506 g/mol. The normalized spacial score (nSPS) is 15.3. The molecule has 9 heteroatoms. The molecule has 1 aromatic rings. The fourth-order valence-electron chi connectivity index (χ4n) is 5.31. The van der Waals surface area contributed by atoms with Gasteiger partial charge in [-0.15, -0.1) is 0 Å². The zero-order valence-electron chi connectivity index (χ0n) is 24.3. The highest BCUT2D eigenvalue weighted by Crippen LogP contribution is 2.25. The third kappa shape index (κ3) is 13.7. The molecule has 1 fully saturated rings. The van der Waals surface area contributed by atoms with Gasteiger partial charge in [0.1, 0.15) is 12.1 Å². The summed E-state index contributed by atoms with van der Waals surface area (Å²) in [5, 5.41) is 18.2. The highest BCUT2D eigenvalue weighted by atomic mass is 16.3. The van der Waals surface area contributed by atoms with Crippen molar-refractivity contribution in [1.82, 2.24) is 16.0 Å². The van der Waals surface area contributed by atoms with Crippen LogP contribution in [0.4, 0.5) is 0 Å². The lowest BCUT2D eigenvalue weighted by Gasteiger charge is -2.24. The summed E-state index contributed by atoms with van der Waals surface area (Å²) in [6, 6.07) is 6.04. The van der Waals surface area contributed by atoms with E-state index >= 15 is 0 Å². The van der Waals surface area contributed by atoms with Gasteiger partial charge in [-0.2, -0.15) is 0 Å². The van der Waals surface area contributed by atoms with Gasteiger partial charge in [0.05, 0.1) is 13.0 Å². The molecule has 226 valence electrons. The fraction of sp³-hybridized carbons (Fsp3) is 0.710. The van der Waals surface area contributed by atoms with Crippen LogP contribution in [0, 0.1) is 5.92 Å². The molecule has 3 amide bonds. The molecule has 2 rings (SSSR count). The third-order valence-electron chi connectivity index (χ3n) is 7.80. The van der Waals surface area contributed by atoms with E-state index in [9.17, 15) is 19.5 Å². The number of carbonyl (C=O) groups is 3. The van der Waals surface area contributed by atoms with Crippen molar-refractivity contribution in [2.45, 2.75) is 108 Å². The van der Waals surface area contributed by atoms with Crippen LogP contribution in [-0.2, 0) is 27.2 Å². The van der Waals surface area contributed by atoms with E-state index < -0.39 is 24.6 Å². The van der Waals surface area contributed by atoms with Gasteiger partial charge in [-0.05, 0) is 75.1 Å². The maximum absolute atomic E-state index is 12.9. The summed E-state index contributed by atoms with van der Waals surface area (Å²) in [6.07, 6.45) is 14.6. The minimum Gasteiger partial charge on any atom is -0.394 e. The summed E-state index contributed by atoms with van der Waals surface area (Å²) in [5.41, 5.74) is 13.2. The molecule has 8 N–H and O–H groups in total. The molecule has 0 saturated heterocycles. The van der Waals surface area contributed by atoms with Crippen LogP contribution >= 0.6 is 0 Å². The lowest BCUT2D eigenvalue weighted by molar-refractivity contribution is -0.133. The van der Waals surface area contributed by atoms with Gasteiger partial charge in [0.25, 0.3) is 0 Å². The molecule has 1 saturated carbocycles. The molecule has 0 radical (unpaired) electrons. The number of nitrogens with one attached hydrogen (secondary N) is 3. The third-order valence-corrected chi connectivity index (χ3v) is 7.80. The van der Waals surface area contributed by atoms with Gasteiger partial charge >= 0.3 is 0 Å². The Morgan fingerprint density at radius 2 is 1.45 bits per heavy atom. The first-order valence-corrected chi connectivity index (χ1v) is 15.4. The maximum atomic E-state index is 12.9. The predicted molar refractivity (Wildman–Crippen MR) is 159 cm³/mol. The molecule has 1 aliphatic rings. The number of carbonyl (C=O) groups excluding carboxylic acids is 3. The molecule has 0 heterocycles. The van der Waals surface area contributed by atoms with Crippen molar-refractivity contribution in [1.29, 1.82) is 0 Å². The van der Waals surface area contributed by atoms with Crippen LogP contribution < -0.4 is 27.4 Å². The summed E-state index contributed by atoms with van der Waals surface area (Å²) in [4.78, 5) is 38.5. The van der Waals surface area contributed by atoms with Crippen LogP contribution in [0.15, 0.2) is 24.3 Å². The average molecular weight is 560 g/mol. The summed E-state index contributed by atoms with van der Waals surface area (Å²) in [7, 11) is 0. The molecule has 0 bridgehead atoms. The van der Waals surface area contributed by atoms with Gasteiger partial charge in [0, 0.05) is 6.54 Å². The van der Waals surface area contributed by atoms with Crippen molar-refractivity contribution in [3.63, 3.8) is 0 Å². The lowest BCUT2D eigenvalue weighted by atomic mass is 9.87. The molecule has 1 aromatic carbocycles. The minimum atomic E-state index is -1.13. The highest BCUT2D eigenvalue weighted by molar-refractivity contribution is 5.92. The van der Waals surface area contributed by atoms with Gasteiger partial charge in [-0.25, -0.2) is 0 Å². The quantitative estimate of drug-likeness (QED) is 0.135. The number of hydrogen-bond donors (Lipinski definition) is 6. The van der Waals surface area contributed by atoms with Crippen molar-refractivity contribution in [3.8, 4) is 0 Å². The number of benzene rings is 1. The monoisotopic (exact) mass is 559 g/mol. The van der Waals surface area contributed by atoms with E-state index in [0.717, 1.165) is 57.1 Å². The summed E-state index contributed by atoms with van der Waals surface area (Å²) >= 11 is 0. The Balaban J connectivity index is 1.82. The van der Waals surface area contributed by atoms with E-state index in [0.29, 0.717) is 31.8 Å². The molecule has 0 spiro atoms. The smallest absolute Gasteiger partial charge is 0.245 e. The second-order valence-corrected chi connectivity index (χ2v) is 11.2. The SMILES string of the molecule is NCCCCCCc1ccc(CC(=O)N[C@@H](CO)C(=O)N[C@@H](CCCCN)C(=O)NCCC2CCCCC2)cc1. The van der Waals surface area contributed by atoms with Crippen molar-refractivity contribution >= 4 is 17.7 Å². The fourth-order valence-corrected chi connectivity index (χ4v) is 5.31. The zero-order valence-corrected chi connectivity index (χ0v) is 24.3. The van der Waals surface area contributed by atoms with Gasteiger partial charge in [-0.1, -0.05) is 69.2 Å². The number of aryl methyl sites for hydroxylation is 1. The average Bonchev–Trinajstić information content (AvgIpc) is 2.96. The highest BCUT2D eigenvalue weighted by Gasteiger charge is 2.26. The van der Waals surface area contributed by atoms with Crippen molar-refractivity contribution < 1.29 is 19.5 Å². The van der Waals surface area contributed by atoms with Crippen LogP contribution in [0.2, 0.25) is 0 Å². The Hall–Kier alpha value is -2.49. The molecule has 0 aromatic heterocycles. The van der Waals surface area contributed by atoms with E-state index in [4.69, 9.17) is 11.5 Å². The van der Waals surface area contributed by atoms with E-state index in [1.165, 1.54) is 37.7 Å². The number of hydrogen-bond acceptors (Lipinski definition) is 6. The number of amides is 3. The van der Waals surface area contributed by atoms with E-state index in [2.05, 4.69) is 16.0 Å². The Bertz CT molecular complexity index is 858. The number of unbranched alkanes of at least 4 members (excludes halogenated alkanes) is 4. The molecular formula is C31H53N5O4. The maximum Gasteiger partial charge on any atom is 0.245 e. The molecule has 1 aliphatic carbocycles. The molecule has 0 aliphatic heterocycles. The summed E-state index contributed by atoms with van der Waals surface area (Å²) < 4.78 is 0. The van der Waals surface area contributed by atoms with E-state index in [1.54, 1.807) is 0 Å². The largest absolute Gasteiger partial charge is 0.394 e. The van der Waals surface area contributed by atoms with Gasteiger partial charge in [0.2, 0.25) is 17.7 Å². The van der Waals surface area contributed by atoms with Crippen LogP contribution in [0.25, 0.3) is 0 Å². The first kappa shape index (κ1) is 33.7. The number of aliphatic hydroxyl groups excluding tert-OH is 1. The zero-order chi connectivity index (χ0) is 29.0. The second kappa shape index (κ2) is 20.4. The Morgan fingerprint density at radius 1 is 0.800 bits per heavy atom. The number of rotatable bonds is 20. The second-order valence-electron chi connectivity index (χ2n) is 11.2. The topological polar surface area (TPSA) is 160 Å². The first-order chi connectivity index (χ1) is 19.5. The predicted octanol–water partition coefficient (Wildman–Crippen LogP) is 2.47. The molecule has 0 unspecified atom stereocenters. The molecule has 40 heavy (non-hydrogen) atoms. The standard InChI is InChI=1S/C31H53N5O4/c32-19-8-2-1-4-12-25-14-16-26(17-15-25)22-29(38)35-28(23-37)31(40)36-27(13-7-9-20-33)30(39)34-21-18-24-10-5-3-6-11-24/h14-17,24,27-28,37H,1-13,18-23,32-33H2,(H,34,39)(H,35,38)(H,36,40)/t27-,28-/m0/s1. The first-order valence-electron chi connectivity index (χ1n) is 15.4. The van der Waals surface area contributed by atoms with Crippen molar-refractivity contribution in [2.75, 3.05) is 26.2 Å². The van der Waals surface area contributed by atoms with Gasteiger partial charge in [-0.3, -0.25) is 14.4 Å². The number of aliphatic hydroxyl groups is 1. The summed E-state index contributed by atoms with van der Waals surface area (Å²) in [5.74, 6) is -0.513.